The number of benzene rings is 3. The molecule has 0 bridgehead atoms. The summed E-state index contributed by atoms with van der Waals surface area (Å²) < 4.78 is 2.37. The molecule has 7 aromatic rings. The van der Waals surface area contributed by atoms with Crippen molar-refractivity contribution in [3.05, 3.63) is 133 Å². The SMILES string of the molecule is CC1(C)c2ccccc2-c2cc3c(cc21)c1ccccc1n3-c1cc(-c2ccccn2)nc(-c2ccccn2)c1. The molecule has 0 unspecified atom stereocenters. The van der Waals surface area contributed by atoms with E-state index in [9.17, 15) is 0 Å². The van der Waals surface area contributed by atoms with Crippen LogP contribution in [0.15, 0.2) is 122 Å². The predicted octanol–water partition coefficient (Wildman–Crippen LogP) is 8.61. The van der Waals surface area contributed by atoms with Gasteiger partial charge < -0.3 is 4.57 Å². The van der Waals surface area contributed by atoms with E-state index in [4.69, 9.17) is 4.98 Å². The fourth-order valence-electron chi connectivity index (χ4n) is 6.38. The molecule has 40 heavy (non-hydrogen) atoms. The Morgan fingerprint density at radius 1 is 0.525 bits per heavy atom. The van der Waals surface area contributed by atoms with Crippen LogP contribution in [0.4, 0.5) is 0 Å². The number of fused-ring (bicyclic) bond motifs is 6. The molecule has 4 aromatic heterocycles. The Bertz CT molecular complexity index is 2010. The number of pyridine rings is 3. The van der Waals surface area contributed by atoms with Crippen LogP contribution < -0.4 is 0 Å². The van der Waals surface area contributed by atoms with Gasteiger partial charge in [-0.3, -0.25) is 9.97 Å². The second-order valence-electron chi connectivity index (χ2n) is 11.0. The third kappa shape index (κ3) is 3.29. The molecule has 0 saturated heterocycles. The molecule has 0 N–H and O–H groups in total. The van der Waals surface area contributed by atoms with E-state index in [-0.39, 0.29) is 5.41 Å². The predicted molar refractivity (Wildman–Crippen MR) is 163 cm³/mol. The lowest BCUT2D eigenvalue weighted by molar-refractivity contribution is 0.661. The standard InChI is InChI=1S/C36H26N4/c1-36(2)28-13-5-3-11-24(28)26-22-35-27(21-29(26)36)25-12-4-6-16-34(25)40(35)23-19-32(30-14-7-9-17-37-30)39-33(20-23)31-15-8-10-18-38-31/h3-22H,1-2H3. The minimum Gasteiger partial charge on any atom is -0.309 e. The first-order valence-electron chi connectivity index (χ1n) is 13.6. The third-order valence-corrected chi connectivity index (χ3v) is 8.30. The van der Waals surface area contributed by atoms with E-state index in [1.54, 1.807) is 0 Å². The third-order valence-electron chi connectivity index (χ3n) is 8.30. The van der Waals surface area contributed by atoms with Gasteiger partial charge in [-0.2, -0.15) is 0 Å². The molecule has 1 aliphatic carbocycles. The van der Waals surface area contributed by atoms with Crippen LogP contribution in [0, 0.1) is 0 Å². The van der Waals surface area contributed by atoms with Crippen molar-refractivity contribution < 1.29 is 0 Å². The Morgan fingerprint density at radius 2 is 1.18 bits per heavy atom. The molecule has 4 heteroatoms. The summed E-state index contributed by atoms with van der Waals surface area (Å²) >= 11 is 0. The monoisotopic (exact) mass is 514 g/mol. The van der Waals surface area contributed by atoms with Gasteiger partial charge in [-0.05, 0) is 76.9 Å². The molecule has 4 heterocycles. The summed E-state index contributed by atoms with van der Waals surface area (Å²) in [5.41, 5.74) is 12.0. The van der Waals surface area contributed by atoms with Gasteiger partial charge in [0.1, 0.15) is 0 Å². The number of aromatic nitrogens is 4. The van der Waals surface area contributed by atoms with Crippen molar-refractivity contribution in [2.24, 2.45) is 0 Å². The highest BCUT2D eigenvalue weighted by molar-refractivity contribution is 6.11. The summed E-state index contributed by atoms with van der Waals surface area (Å²) in [6.07, 6.45) is 3.63. The van der Waals surface area contributed by atoms with Gasteiger partial charge in [0.05, 0.1) is 39.5 Å². The van der Waals surface area contributed by atoms with E-state index in [1.165, 1.54) is 38.5 Å². The molecule has 0 radical (unpaired) electrons. The van der Waals surface area contributed by atoms with Crippen molar-refractivity contribution in [1.82, 2.24) is 19.5 Å². The van der Waals surface area contributed by atoms with E-state index in [0.29, 0.717) is 0 Å². The van der Waals surface area contributed by atoms with E-state index in [0.717, 1.165) is 34.0 Å². The van der Waals surface area contributed by atoms with Crippen molar-refractivity contribution in [2.75, 3.05) is 0 Å². The molecule has 0 fully saturated rings. The number of nitrogens with zero attached hydrogens (tertiary/aromatic N) is 4. The maximum Gasteiger partial charge on any atom is 0.0915 e. The van der Waals surface area contributed by atoms with Gasteiger partial charge in [-0.25, -0.2) is 4.98 Å². The summed E-state index contributed by atoms with van der Waals surface area (Å²) in [6.45, 7) is 4.67. The number of rotatable bonds is 3. The number of hydrogen-bond donors (Lipinski definition) is 0. The topological polar surface area (TPSA) is 43.6 Å². The van der Waals surface area contributed by atoms with E-state index < -0.39 is 0 Å². The lowest BCUT2D eigenvalue weighted by Gasteiger charge is -2.21. The zero-order valence-electron chi connectivity index (χ0n) is 22.3. The molecule has 0 aliphatic heterocycles. The molecule has 3 aromatic carbocycles. The maximum atomic E-state index is 5.01. The average Bonchev–Trinajstić information content (AvgIpc) is 3.45. The van der Waals surface area contributed by atoms with Crippen LogP contribution in [0.25, 0.3) is 61.4 Å². The molecule has 0 spiro atoms. The molecule has 0 saturated carbocycles. The average molecular weight is 515 g/mol. The maximum absolute atomic E-state index is 5.01. The molecule has 1 aliphatic rings. The van der Waals surface area contributed by atoms with Crippen molar-refractivity contribution >= 4 is 21.8 Å². The molecule has 8 rings (SSSR count). The minimum absolute atomic E-state index is 0.0573. The fraction of sp³-hybridized carbons (Fsp3) is 0.0833. The van der Waals surface area contributed by atoms with Crippen LogP contribution in [0.3, 0.4) is 0 Å². The smallest absolute Gasteiger partial charge is 0.0915 e. The molecule has 190 valence electrons. The summed E-state index contributed by atoms with van der Waals surface area (Å²) in [5, 5.41) is 2.49. The molecular formula is C36H26N4. The first kappa shape index (κ1) is 22.9. The number of hydrogen-bond acceptors (Lipinski definition) is 3. The Labute approximate surface area is 232 Å². The highest BCUT2D eigenvalue weighted by atomic mass is 15.0. The van der Waals surface area contributed by atoms with Crippen molar-refractivity contribution in [3.63, 3.8) is 0 Å². The lowest BCUT2D eigenvalue weighted by Crippen LogP contribution is -2.14. The summed E-state index contributed by atoms with van der Waals surface area (Å²) in [5.74, 6) is 0. The second-order valence-corrected chi connectivity index (χ2v) is 11.0. The normalized spacial score (nSPS) is 13.4. The van der Waals surface area contributed by atoms with Gasteiger partial charge in [0.15, 0.2) is 0 Å². The Balaban J connectivity index is 1.47. The molecule has 0 atom stereocenters. The van der Waals surface area contributed by atoms with E-state index in [1.807, 2.05) is 48.8 Å². The van der Waals surface area contributed by atoms with Gasteiger partial charge in [-0.15, -0.1) is 0 Å². The quantitative estimate of drug-likeness (QED) is 0.237. The van der Waals surface area contributed by atoms with Crippen molar-refractivity contribution in [3.8, 4) is 39.6 Å². The zero-order chi connectivity index (χ0) is 26.8. The molecule has 4 nitrogen and oxygen atoms in total. The lowest BCUT2D eigenvalue weighted by atomic mass is 9.82. The largest absolute Gasteiger partial charge is 0.309 e. The minimum atomic E-state index is -0.0573. The summed E-state index contributed by atoms with van der Waals surface area (Å²) in [4.78, 5) is 14.3. The van der Waals surface area contributed by atoms with Crippen LogP contribution in [-0.4, -0.2) is 19.5 Å². The van der Waals surface area contributed by atoms with Crippen LogP contribution in [0.5, 0.6) is 0 Å². The summed E-state index contributed by atoms with van der Waals surface area (Å²) in [6, 6.07) is 38.5. The highest BCUT2D eigenvalue weighted by Gasteiger charge is 2.36. The zero-order valence-corrected chi connectivity index (χ0v) is 22.3. The Kier molecular flexibility index (Phi) is 4.83. The number of para-hydroxylation sites is 1. The van der Waals surface area contributed by atoms with E-state index in [2.05, 4.69) is 101 Å². The van der Waals surface area contributed by atoms with Crippen molar-refractivity contribution in [1.29, 1.82) is 0 Å². The Hall–Kier alpha value is -5.09. The molecule has 0 amide bonds. The summed E-state index contributed by atoms with van der Waals surface area (Å²) in [7, 11) is 0. The first-order chi connectivity index (χ1) is 19.6. The molecular weight excluding hydrogens is 488 g/mol. The van der Waals surface area contributed by atoms with Crippen LogP contribution in [-0.2, 0) is 5.41 Å². The van der Waals surface area contributed by atoms with Gasteiger partial charge in [-0.1, -0.05) is 68.4 Å². The van der Waals surface area contributed by atoms with Crippen LogP contribution in [0.1, 0.15) is 25.0 Å². The van der Waals surface area contributed by atoms with Gasteiger partial charge in [0, 0.05) is 28.6 Å². The fourth-order valence-corrected chi connectivity index (χ4v) is 6.38. The first-order valence-corrected chi connectivity index (χ1v) is 13.6. The van der Waals surface area contributed by atoms with Crippen LogP contribution >= 0.6 is 0 Å². The van der Waals surface area contributed by atoms with Crippen LogP contribution in [0.2, 0.25) is 0 Å². The van der Waals surface area contributed by atoms with E-state index >= 15 is 0 Å². The van der Waals surface area contributed by atoms with Crippen molar-refractivity contribution in [2.45, 2.75) is 19.3 Å². The van der Waals surface area contributed by atoms with Gasteiger partial charge in [0.2, 0.25) is 0 Å². The highest BCUT2D eigenvalue weighted by Crippen LogP contribution is 2.51. The Morgan fingerprint density at radius 3 is 1.88 bits per heavy atom. The second kappa shape index (κ2) is 8.45. The van der Waals surface area contributed by atoms with Gasteiger partial charge >= 0.3 is 0 Å². The van der Waals surface area contributed by atoms with Gasteiger partial charge in [0.25, 0.3) is 0 Å².